The van der Waals surface area contributed by atoms with E-state index in [1.807, 2.05) is 0 Å². The molecule has 1 aliphatic rings. The lowest BCUT2D eigenvalue weighted by molar-refractivity contribution is 0.0915. The highest BCUT2D eigenvalue weighted by Gasteiger charge is 2.17. The Bertz CT molecular complexity index is 167. The first-order valence-electron chi connectivity index (χ1n) is 4.59. The predicted octanol–water partition coefficient (Wildman–Crippen LogP) is -1.16. The van der Waals surface area contributed by atoms with Crippen molar-refractivity contribution in [3.8, 4) is 0 Å². The van der Waals surface area contributed by atoms with E-state index in [9.17, 15) is 4.21 Å². The Morgan fingerprint density at radius 3 is 2.62 bits per heavy atom. The van der Waals surface area contributed by atoms with Crippen molar-refractivity contribution in [2.75, 3.05) is 24.7 Å². The smallest absolute Gasteiger partial charge is 0.0895 e. The molecule has 0 unspecified atom stereocenters. The van der Waals surface area contributed by atoms with Gasteiger partial charge in [-0.1, -0.05) is 0 Å². The molecule has 1 rings (SSSR count). The van der Waals surface area contributed by atoms with E-state index in [1.165, 1.54) is 0 Å². The maximum atomic E-state index is 11.0. The Morgan fingerprint density at radius 1 is 1.46 bits per heavy atom. The Morgan fingerprint density at radius 2 is 2.08 bits per heavy atom. The second-order valence-electron chi connectivity index (χ2n) is 3.37. The van der Waals surface area contributed by atoms with Gasteiger partial charge in [0.15, 0.2) is 0 Å². The van der Waals surface area contributed by atoms with Gasteiger partial charge in [0.2, 0.25) is 0 Å². The van der Waals surface area contributed by atoms with E-state index in [-0.39, 0.29) is 6.61 Å². The molecule has 0 spiro atoms. The van der Waals surface area contributed by atoms with Crippen molar-refractivity contribution in [1.29, 1.82) is 0 Å². The van der Waals surface area contributed by atoms with Crippen molar-refractivity contribution >= 4 is 10.8 Å². The molecular weight excluding hydrogens is 190 g/mol. The highest BCUT2D eigenvalue weighted by molar-refractivity contribution is 7.85. The number of hydrogen-bond acceptors (Lipinski definition) is 4. The zero-order valence-corrected chi connectivity index (χ0v) is 8.42. The van der Waals surface area contributed by atoms with E-state index in [2.05, 4.69) is 5.32 Å². The lowest BCUT2D eigenvalue weighted by Crippen LogP contribution is -2.40. The van der Waals surface area contributed by atoms with E-state index in [4.69, 9.17) is 10.2 Å². The molecule has 3 N–H and O–H groups in total. The third kappa shape index (κ3) is 4.17. The fourth-order valence-electron chi connectivity index (χ4n) is 1.37. The average molecular weight is 207 g/mol. The van der Waals surface area contributed by atoms with Gasteiger partial charge < -0.3 is 15.5 Å². The second-order valence-corrected chi connectivity index (χ2v) is 5.06. The minimum Gasteiger partial charge on any atom is -0.394 e. The number of nitrogens with one attached hydrogen (secondary N) is 1. The zero-order valence-electron chi connectivity index (χ0n) is 7.61. The van der Waals surface area contributed by atoms with Gasteiger partial charge in [0.1, 0.15) is 0 Å². The van der Waals surface area contributed by atoms with Crippen LogP contribution >= 0.6 is 0 Å². The first-order chi connectivity index (χ1) is 6.22. The maximum absolute atomic E-state index is 11.0. The topological polar surface area (TPSA) is 69.6 Å². The summed E-state index contributed by atoms with van der Waals surface area (Å²) in [5, 5.41) is 20.8. The molecule has 1 fully saturated rings. The minimum absolute atomic E-state index is 0.203. The molecule has 0 saturated carbocycles. The summed E-state index contributed by atoms with van der Waals surface area (Å²) < 4.78 is 11.0. The number of aliphatic hydroxyl groups excluding tert-OH is 2. The molecule has 13 heavy (non-hydrogen) atoms. The van der Waals surface area contributed by atoms with Crippen LogP contribution < -0.4 is 5.32 Å². The molecule has 0 aliphatic carbocycles. The third-order valence-corrected chi connectivity index (χ3v) is 3.62. The van der Waals surface area contributed by atoms with Crippen LogP contribution in [0.5, 0.6) is 0 Å². The normalized spacial score (nSPS) is 31.5. The number of rotatable bonds is 4. The van der Waals surface area contributed by atoms with Gasteiger partial charge in [-0.05, 0) is 12.8 Å². The van der Waals surface area contributed by atoms with E-state index in [0.717, 1.165) is 24.3 Å². The van der Waals surface area contributed by atoms with Crippen molar-refractivity contribution in [3.05, 3.63) is 0 Å². The molecule has 1 atom stereocenters. The van der Waals surface area contributed by atoms with Gasteiger partial charge in [-0.15, -0.1) is 0 Å². The SMILES string of the molecule is O=S1CCC(NC[C@H](O)CO)CC1. The number of hydrogen-bond donors (Lipinski definition) is 3. The summed E-state index contributed by atoms with van der Waals surface area (Å²) in [7, 11) is -0.629. The molecule has 0 aromatic rings. The predicted molar refractivity (Wildman–Crippen MR) is 52.0 cm³/mol. The molecule has 1 aliphatic heterocycles. The van der Waals surface area contributed by atoms with Crippen molar-refractivity contribution in [3.63, 3.8) is 0 Å². The summed E-state index contributed by atoms with van der Waals surface area (Å²) in [4.78, 5) is 0. The Kier molecular flexibility index (Phi) is 4.87. The van der Waals surface area contributed by atoms with Crippen molar-refractivity contribution in [1.82, 2.24) is 5.32 Å². The van der Waals surface area contributed by atoms with Crippen LogP contribution in [0.1, 0.15) is 12.8 Å². The Balaban J connectivity index is 2.12. The lowest BCUT2D eigenvalue weighted by Gasteiger charge is -2.23. The van der Waals surface area contributed by atoms with E-state index in [0.29, 0.717) is 12.6 Å². The van der Waals surface area contributed by atoms with Crippen molar-refractivity contribution in [2.45, 2.75) is 25.0 Å². The molecule has 0 aromatic carbocycles. The Hall–Kier alpha value is 0.0300. The molecule has 0 radical (unpaired) electrons. The summed E-state index contributed by atoms with van der Waals surface area (Å²) >= 11 is 0. The summed E-state index contributed by atoms with van der Waals surface area (Å²) in [6.45, 7) is 0.222. The fraction of sp³-hybridized carbons (Fsp3) is 1.00. The molecule has 78 valence electrons. The summed E-state index contributed by atoms with van der Waals surface area (Å²) in [6.07, 6.45) is 1.14. The van der Waals surface area contributed by atoms with Gasteiger partial charge in [-0.3, -0.25) is 4.21 Å². The van der Waals surface area contributed by atoms with Crippen LogP contribution in [0.25, 0.3) is 0 Å². The highest BCUT2D eigenvalue weighted by atomic mass is 32.2. The number of aliphatic hydroxyl groups is 2. The second kappa shape index (κ2) is 5.70. The van der Waals surface area contributed by atoms with Gasteiger partial charge in [0.05, 0.1) is 12.7 Å². The van der Waals surface area contributed by atoms with Crippen LogP contribution in [0.4, 0.5) is 0 Å². The zero-order chi connectivity index (χ0) is 9.68. The van der Waals surface area contributed by atoms with E-state index < -0.39 is 16.9 Å². The van der Waals surface area contributed by atoms with Gasteiger partial charge in [0.25, 0.3) is 0 Å². The summed E-state index contributed by atoms with van der Waals surface area (Å²) in [5.41, 5.74) is 0. The quantitative estimate of drug-likeness (QED) is 0.544. The first kappa shape index (κ1) is 11.1. The van der Waals surface area contributed by atoms with Crippen LogP contribution in [0, 0.1) is 0 Å². The molecule has 1 saturated heterocycles. The fourth-order valence-corrected chi connectivity index (χ4v) is 2.66. The standard InChI is InChI=1S/C8H17NO3S/c10-6-8(11)5-9-7-1-3-13(12)4-2-7/h7-11H,1-6H2/t7?,8-,13?/m0/s1. The molecule has 5 heteroatoms. The van der Waals surface area contributed by atoms with Gasteiger partial charge in [-0.25, -0.2) is 0 Å². The average Bonchev–Trinajstić information content (AvgIpc) is 2.16. The maximum Gasteiger partial charge on any atom is 0.0895 e. The molecular formula is C8H17NO3S. The van der Waals surface area contributed by atoms with Crippen molar-refractivity contribution < 1.29 is 14.4 Å². The Labute approximate surface area is 80.8 Å². The molecule has 0 aromatic heterocycles. The van der Waals surface area contributed by atoms with E-state index >= 15 is 0 Å². The first-order valence-corrected chi connectivity index (χ1v) is 6.08. The third-order valence-electron chi connectivity index (χ3n) is 2.24. The molecule has 4 nitrogen and oxygen atoms in total. The van der Waals surface area contributed by atoms with Crippen LogP contribution in [-0.2, 0) is 10.8 Å². The highest BCUT2D eigenvalue weighted by Crippen LogP contribution is 2.08. The van der Waals surface area contributed by atoms with Gasteiger partial charge in [0, 0.05) is 34.9 Å². The van der Waals surface area contributed by atoms with Crippen LogP contribution in [0.2, 0.25) is 0 Å². The monoisotopic (exact) mass is 207 g/mol. The summed E-state index contributed by atoms with van der Waals surface area (Å²) in [5.74, 6) is 1.51. The van der Waals surface area contributed by atoms with Gasteiger partial charge >= 0.3 is 0 Å². The summed E-state index contributed by atoms with van der Waals surface area (Å²) in [6, 6.07) is 0.360. The largest absolute Gasteiger partial charge is 0.394 e. The van der Waals surface area contributed by atoms with Gasteiger partial charge in [-0.2, -0.15) is 0 Å². The van der Waals surface area contributed by atoms with Crippen LogP contribution in [-0.4, -0.2) is 51.2 Å². The molecule has 0 amide bonds. The molecule has 1 heterocycles. The van der Waals surface area contributed by atoms with Crippen LogP contribution in [0.15, 0.2) is 0 Å². The molecule has 0 bridgehead atoms. The minimum atomic E-state index is -0.674. The van der Waals surface area contributed by atoms with E-state index in [1.54, 1.807) is 0 Å². The van der Waals surface area contributed by atoms with Crippen molar-refractivity contribution in [2.24, 2.45) is 0 Å². The lowest BCUT2D eigenvalue weighted by atomic mass is 10.1. The van der Waals surface area contributed by atoms with Crippen LogP contribution in [0.3, 0.4) is 0 Å².